The normalized spacial score (nSPS) is 10.8. The second kappa shape index (κ2) is 7.51. The lowest BCUT2D eigenvalue weighted by atomic mass is 10.1. The Morgan fingerprint density at radius 3 is 2.36 bits per heavy atom. The summed E-state index contributed by atoms with van der Waals surface area (Å²) in [6.07, 6.45) is 1.62. The van der Waals surface area contributed by atoms with E-state index < -0.39 is 11.2 Å². The van der Waals surface area contributed by atoms with Crippen LogP contribution in [0.15, 0.2) is 40.2 Å². The van der Waals surface area contributed by atoms with E-state index in [2.05, 4.69) is 15.6 Å². The number of imidazole rings is 1. The molecular weight excluding hydrogens is 364 g/mol. The number of fused-ring (bicyclic) bond motifs is 1. The maximum atomic E-state index is 12.4. The average Bonchev–Trinajstić information content (AvgIpc) is 3.09. The van der Waals surface area contributed by atoms with Crippen LogP contribution >= 0.6 is 0 Å². The summed E-state index contributed by atoms with van der Waals surface area (Å²) in [6, 6.07) is 6.90. The Bertz CT molecular complexity index is 1170. The lowest BCUT2D eigenvalue weighted by Crippen LogP contribution is -2.37. The minimum absolute atomic E-state index is 0.0975. The number of aryl methyl sites for hydroxylation is 1. The molecule has 0 bridgehead atoms. The van der Waals surface area contributed by atoms with Gasteiger partial charge >= 0.3 is 5.69 Å². The zero-order chi connectivity index (χ0) is 20.4. The molecular formula is C18H20N6O4. The maximum absolute atomic E-state index is 12.4. The molecule has 0 saturated carbocycles. The number of benzene rings is 1. The molecule has 2 amide bonds. The highest BCUT2D eigenvalue weighted by Crippen LogP contribution is 2.11. The Labute approximate surface area is 159 Å². The monoisotopic (exact) mass is 384 g/mol. The summed E-state index contributed by atoms with van der Waals surface area (Å²) < 4.78 is 3.65. The van der Waals surface area contributed by atoms with E-state index >= 15 is 0 Å². The van der Waals surface area contributed by atoms with Gasteiger partial charge in [-0.1, -0.05) is 12.1 Å². The van der Waals surface area contributed by atoms with Crippen LogP contribution < -0.4 is 21.9 Å². The zero-order valence-corrected chi connectivity index (χ0v) is 15.7. The molecule has 10 nitrogen and oxygen atoms in total. The van der Waals surface area contributed by atoms with Gasteiger partial charge < -0.3 is 15.2 Å². The summed E-state index contributed by atoms with van der Waals surface area (Å²) in [4.78, 5) is 52.2. The quantitative estimate of drug-likeness (QED) is 0.606. The minimum Gasteiger partial charge on any atom is -0.359 e. The van der Waals surface area contributed by atoms with Crippen LogP contribution in [0, 0.1) is 0 Å². The van der Waals surface area contributed by atoms with Crippen LogP contribution in [0.25, 0.3) is 11.2 Å². The molecule has 2 heterocycles. The molecule has 146 valence electrons. The molecule has 2 aromatic heterocycles. The van der Waals surface area contributed by atoms with E-state index in [-0.39, 0.29) is 35.9 Å². The van der Waals surface area contributed by atoms with Gasteiger partial charge in [-0.05, 0) is 17.7 Å². The van der Waals surface area contributed by atoms with Crippen molar-refractivity contribution in [3.05, 3.63) is 57.0 Å². The van der Waals surface area contributed by atoms with Gasteiger partial charge in [-0.15, -0.1) is 0 Å². The van der Waals surface area contributed by atoms with Crippen molar-refractivity contribution in [2.75, 3.05) is 12.4 Å². The predicted molar refractivity (Wildman–Crippen MR) is 103 cm³/mol. The number of hydrogen-bond acceptors (Lipinski definition) is 5. The molecule has 3 rings (SSSR count). The fourth-order valence-electron chi connectivity index (χ4n) is 2.85. The van der Waals surface area contributed by atoms with Crippen LogP contribution in [0.4, 0.5) is 5.69 Å². The minimum atomic E-state index is -0.512. The van der Waals surface area contributed by atoms with Gasteiger partial charge in [-0.3, -0.25) is 23.5 Å². The number of amides is 2. The molecule has 0 fully saturated rings. The molecule has 28 heavy (non-hydrogen) atoms. The smallest absolute Gasteiger partial charge is 0.332 e. The van der Waals surface area contributed by atoms with Gasteiger partial charge in [0, 0.05) is 26.8 Å². The average molecular weight is 384 g/mol. The molecule has 0 spiro atoms. The van der Waals surface area contributed by atoms with Crippen LogP contribution in [0.1, 0.15) is 5.56 Å². The van der Waals surface area contributed by atoms with Crippen molar-refractivity contribution in [3.63, 3.8) is 0 Å². The van der Waals surface area contributed by atoms with Gasteiger partial charge in [0.1, 0.15) is 6.54 Å². The van der Waals surface area contributed by atoms with Gasteiger partial charge in [-0.25, -0.2) is 9.78 Å². The SMILES string of the molecule is CNC(=O)Cc1ccc(NC(=O)Cn2cnc3c2c(=O)n(C)c(=O)n3C)cc1. The highest BCUT2D eigenvalue weighted by molar-refractivity contribution is 5.91. The zero-order valence-electron chi connectivity index (χ0n) is 15.7. The summed E-state index contributed by atoms with van der Waals surface area (Å²) in [5.74, 6) is -0.450. The Morgan fingerprint density at radius 2 is 1.71 bits per heavy atom. The first-order chi connectivity index (χ1) is 13.3. The fraction of sp³-hybridized carbons (Fsp3) is 0.278. The predicted octanol–water partition coefficient (Wildman–Crippen LogP) is -0.639. The van der Waals surface area contributed by atoms with Crippen molar-refractivity contribution in [3.8, 4) is 0 Å². The molecule has 0 saturated heterocycles. The summed E-state index contributed by atoms with van der Waals surface area (Å²) in [5, 5.41) is 5.28. The molecule has 0 unspecified atom stereocenters. The second-order valence-corrected chi connectivity index (χ2v) is 6.35. The maximum Gasteiger partial charge on any atom is 0.332 e. The topological polar surface area (TPSA) is 120 Å². The highest BCUT2D eigenvalue weighted by Gasteiger charge is 2.16. The van der Waals surface area contributed by atoms with Crippen LogP contribution in [-0.4, -0.2) is 37.5 Å². The van der Waals surface area contributed by atoms with Gasteiger partial charge in [-0.2, -0.15) is 0 Å². The Hall–Kier alpha value is -3.69. The largest absolute Gasteiger partial charge is 0.359 e. The molecule has 10 heteroatoms. The van der Waals surface area contributed by atoms with Crippen LogP contribution in [-0.2, 0) is 36.6 Å². The molecule has 3 aromatic rings. The molecule has 1 aromatic carbocycles. The van der Waals surface area contributed by atoms with E-state index in [1.54, 1.807) is 31.3 Å². The van der Waals surface area contributed by atoms with E-state index in [9.17, 15) is 19.2 Å². The van der Waals surface area contributed by atoms with Crippen LogP contribution in [0.5, 0.6) is 0 Å². The third-order valence-corrected chi connectivity index (χ3v) is 4.41. The van der Waals surface area contributed by atoms with Gasteiger partial charge in [0.05, 0.1) is 12.7 Å². The van der Waals surface area contributed by atoms with Crippen molar-refractivity contribution in [2.45, 2.75) is 13.0 Å². The molecule has 0 radical (unpaired) electrons. The van der Waals surface area contributed by atoms with Gasteiger partial charge in [0.2, 0.25) is 11.8 Å². The molecule has 0 aliphatic heterocycles. The Morgan fingerprint density at radius 1 is 1.04 bits per heavy atom. The number of nitrogens with one attached hydrogen (secondary N) is 2. The number of nitrogens with zero attached hydrogens (tertiary/aromatic N) is 4. The van der Waals surface area contributed by atoms with E-state index in [0.29, 0.717) is 5.69 Å². The van der Waals surface area contributed by atoms with Crippen molar-refractivity contribution in [2.24, 2.45) is 14.1 Å². The Kier molecular flexibility index (Phi) is 5.12. The molecule has 0 aliphatic carbocycles. The standard InChI is InChI=1S/C18H20N6O4/c1-19-13(25)8-11-4-6-12(7-5-11)21-14(26)9-24-10-20-16-15(24)17(27)23(3)18(28)22(16)2/h4-7,10H,8-9H2,1-3H3,(H,19,25)(H,21,26). The number of hydrogen-bond donors (Lipinski definition) is 2. The number of rotatable bonds is 5. The van der Waals surface area contributed by atoms with E-state index in [1.807, 2.05) is 0 Å². The Balaban J connectivity index is 1.78. The first kappa shape index (κ1) is 19.1. The number of likely N-dealkylation sites (N-methyl/N-ethyl adjacent to an activating group) is 1. The van der Waals surface area contributed by atoms with Crippen LogP contribution in [0.3, 0.4) is 0 Å². The molecule has 0 atom stereocenters. The lowest BCUT2D eigenvalue weighted by molar-refractivity contribution is -0.120. The van der Waals surface area contributed by atoms with E-state index in [0.717, 1.165) is 10.1 Å². The number of aromatic nitrogens is 4. The van der Waals surface area contributed by atoms with Gasteiger partial charge in [0.15, 0.2) is 11.2 Å². The summed E-state index contributed by atoms with van der Waals surface area (Å²) >= 11 is 0. The number of carbonyl (C=O) groups excluding carboxylic acids is 2. The van der Waals surface area contributed by atoms with Crippen LogP contribution in [0.2, 0.25) is 0 Å². The summed E-state index contributed by atoms with van der Waals surface area (Å²) in [6.45, 7) is -0.135. The third kappa shape index (κ3) is 3.56. The van der Waals surface area contributed by atoms with Crippen molar-refractivity contribution in [1.82, 2.24) is 24.0 Å². The van der Waals surface area contributed by atoms with Crippen molar-refractivity contribution in [1.29, 1.82) is 0 Å². The van der Waals surface area contributed by atoms with Gasteiger partial charge in [0.25, 0.3) is 5.56 Å². The summed E-state index contributed by atoms with van der Waals surface area (Å²) in [7, 11) is 4.46. The highest BCUT2D eigenvalue weighted by atomic mass is 16.2. The lowest BCUT2D eigenvalue weighted by Gasteiger charge is -2.08. The summed E-state index contributed by atoms with van der Waals surface area (Å²) in [5.41, 5.74) is 0.795. The van der Waals surface area contributed by atoms with Crippen molar-refractivity contribution >= 4 is 28.7 Å². The third-order valence-electron chi connectivity index (χ3n) is 4.41. The number of anilines is 1. The fourth-order valence-corrected chi connectivity index (χ4v) is 2.85. The van der Waals surface area contributed by atoms with E-state index in [1.165, 1.54) is 29.6 Å². The van der Waals surface area contributed by atoms with Crippen molar-refractivity contribution < 1.29 is 9.59 Å². The number of carbonyl (C=O) groups is 2. The second-order valence-electron chi connectivity index (χ2n) is 6.35. The molecule has 2 N–H and O–H groups in total. The van der Waals surface area contributed by atoms with E-state index in [4.69, 9.17) is 0 Å². The first-order valence-corrected chi connectivity index (χ1v) is 8.52. The first-order valence-electron chi connectivity index (χ1n) is 8.52. The molecule has 0 aliphatic rings.